The average Bonchev–Trinajstić information content (AvgIpc) is 2.99. The van der Waals surface area contributed by atoms with Crippen molar-refractivity contribution in [1.82, 2.24) is 14.1 Å². The van der Waals surface area contributed by atoms with Crippen LogP contribution in [-0.4, -0.2) is 38.0 Å². The van der Waals surface area contributed by atoms with Gasteiger partial charge in [0, 0.05) is 24.8 Å². The lowest BCUT2D eigenvalue weighted by atomic mass is 10.0. The zero-order valence-corrected chi connectivity index (χ0v) is 19.8. The van der Waals surface area contributed by atoms with Crippen molar-refractivity contribution in [3.63, 3.8) is 0 Å². The molecule has 0 saturated carbocycles. The zero-order valence-electron chi connectivity index (χ0n) is 19.0. The number of nitrogens with zero attached hydrogens (tertiary/aromatic N) is 2. The van der Waals surface area contributed by atoms with E-state index in [1.807, 2.05) is 40.0 Å². The van der Waals surface area contributed by atoms with Crippen LogP contribution in [0, 0.1) is 6.92 Å². The first-order valence-electron chi connectivity index (χ1n) is 10.3. The quantitative estimate of drug-likeness (QED) is 0.497. The Balaban J connectivity index is 1.70. The van der Waals surface area contributed by atoms with Crippen molar-refractivity contribution in [3.8, 4) is 17.2 Å². The van der Waals surface area contributed by atoms with Gasteiger partial charge >= 0.3 is 0 Å². The van der Waals surface area contributed by atoms with Crippen LogP contribution in [0.2, 0.25) is 0 Å². The third-order valence-electron chi connectivity index (χ3n) is 5.29. The number of methoxy groups -OCH3 is 1. The van der Waals surface area contributed by atoms with E-state index in [0.29, 0.717) is 17.2 Å². The summed E-state index contributed by atoms with van der Waals surface area (Å²) in [6.45, 7) is 6.10. The molecule has 3 rings (SSSR count). The molecule has 8 nitrogen and oxygen atoms in total. The first-order valence-corrected chi connectivity index (χ1v) is 11.8. The maximum Gasteiger partial charge on any atom is 0.275 e. The Morgan fingerprint density at radius 2 is 1.66 bits per heavy atom. The van der Waals surface area contributed by atoms with Crippen LogP contribution in [0.3, 0.4) is 0 Å². The molecule has 1 N–H and O–H groups in total. The van der Waals surface area contributed by atoms with Gasteiger partial charge in [-0.2, -0.15) is 0 Å². The van der Waals surface area contributed by atoms with E-state index in [1.165, 1.54) is 12.1 Å². The van der Waals surface area contributed by atoms with E-state index >= 15 is 0 Å². The molecule has 0 aliphatic heterocycles. The van der Waals surface area contributed by atoms with Crippen LogP contribution in [0.25, 0.3) is 5.69 Å². The smallest absolute Gasteiger partial charge is 0.275 e. The number of nitrogens with one attached hydrogen (secondary N) is 1. The number of sulfonamides is 1. The van der Waals surface area contributed by atoms with Crippen molar-refractivity contribution < 1.29 is 17.9 Å². The first-order chi connectivity index (χ1) is 15.2. The number of benzene rings is 2. The van der Waals surface area contributed by atoms with Gasteiger partial charge in [-0.05, 0) is 49.2 Å². The minimum Gasteiger partial charge on any atom is -0.493 e. The molecule has 0 fully saturated rings. The van der Waals surface area contributed by atoms with Gasteiger partial charge in [-0.25, -0.2) is 17.8 Å². The summed E-state index contributed by atoms with van der Waals surface area (Å²) in [6.07, 6.45) is 0. The summed E-state index contributed by atoms with van der Waals surface area (Å²) in [6, 6.07) is 13.4. The topological polar surface area (TPSA) is 91.6 Å². The lowest BCUT2D eigenvalue weighted by Crippen LogP contribution is -2.28. The van der Waals surface area contributed by atoms with Gasteiger partial charge in [-0.15, -0.1) is 0 Å². The van der Waals surface area contributed by atoms with Crippen LogP contribution < -0.4 is 19.8 Å². The number of hydrogen-bond acceptors (Lipinski definition) is 5. The lowest BCUT2D eigenvalue weighted by Gasteiger charge is -2.12. The van der Waals surface area contributed by atoms with Crippen molar-refractivity contribution in [1.29, 1.82) is 0 Å². The van der Waals surface area contributed by atoms with Crippen molar-refractivity contribution >= 4 is 10.0 Å². The summed E-state index contributed by atoms with van der Waals surface area (Å²) in [5.41, 5.74) is 2.15. The summed E-state index contributed by atoms with van der Waals surface area (Å²) >= 11 is 0. The first kappa shape index (κ1) is 23.6. The Morgan fingerprint density at radius 1 is 1.03 bits per heavy atom. The molecule has 172 valence electrons. The summed E-state index contributed by atoms with van der Waals surface area (Å²) in [7, 11) is -0.361. The van der Waals surface area contributed by atoms with Crippen LogP contribution >= 0.6 is 0 Å². The van der Waals surface area contributed by atoms with E-state index in [0.717, 1.165) is 11.3 Å². The molecule has 9 heteroatoms. The molecule has 0 aliphatic rings. The maximum absolute atomic E-state index is 12.9. The Morgan fingerprint density at radius 3 is 2.22 bits per heavy atom. The largest absolute Gasteiger partial charge is 0.493 e. The van der Waals surface area contributed by atoms with E-state index < -0.39 is 10.0 Å². The standard InChI is InChI=1S/C23H29N3O5S/c1-16(2)22-17(3)25(4)26(23(22)27)18-10-12-19(13-11-18)32(28,29)24-14-15-31-21-9-7-6-8-20(21)30-5/h6-13,16,24H,14-15H2,1-5H3. The highest BCUT2D eigenvalue weighted by Crippen LogP contribution is 2.25. The van der Waals surface area contributed by atoms with Crippen LogP contribution in [0.5, 0.6) is 11.5 Å². The van der Waals surface area contributed by atoms with Gasteiger partial charge in [-0.3, -0.25) is 9.48 Å². The predicted octanol–water partition coefficient (Wildman–Crippen LogP) is 2.97. The maximum atomic E-state index is 12.9. The summed E-state index contributed by atoms with van der Waals surface area (Å²) in [5.74, 6) is 1.22. The van der Waals surface area contributed by atoms with E-state index in [9.17, 15) is 13.2 Å². The van der Waals surface area contributed by atoms with Gasteiger partial charge in [-0.1, -0.05) is 26.0 Å². The molecule has 32 heavy (non-hydrogen) atoms. The third-order valence-corrected chi connectivity index (χ3v) is 6.76. The molecule has 1 aromatic heterocycles. The molecule has 0 spiro atoms. The molecular weight excluding hydrogens is 430 g/mol. The van der Waals surface area contributed by atoms with Crippen molar-refractivity contribution in [2.75, 3.05) is 20.3 Å². The fourth-order valence-corrected chi connectivity index (χ4v) is 4.62. The van der Waals surface area contributed by atoms with E-state index in [1.54, 1.807) is 40.7 Å². The van der Waals surface area contributed by atoms with Gasteiger partial charge < -0.3 is 9.47 Å². The second kappa shape index (κ2) is 9.62. The number of para-hydroxylation sites is 2. The highest BCUT2D eigenvalue weighted by Gasteiger charge is 2.19. The number of hydrogen-bond donors (Lipinski definition) is 1. The van der Waals surface area contributed by atoms with Crippen molar-refractivity contribution in [3.05, 3.63) is 70.1 Å². The summed E-state index contributed by atoms with van der Waals surface area (Å²) in [4.78, 5) is 13.0. The van der Waals surface area contributed by atoms with Gasteiger partial charge in [0.2, 0.25) is 10.0 Å². The average molecular weight is 460 g/mol. The molecule has 0 radical (unpaired) electrons. The molecular formula is C23H29N3O5S. The van der Waals surface area contributed by atoms with Crippen LogP contribution in [-0.2, 0) is 17.1 Å². The normalized spacial score (nSPS) is 11.7. The van der Waals surface area contributed by atoms with Crippen LogP contribution in [0.15, 0.2) is 58.2 Å². The molecule has 0 amide bonds. The molecule has 0 unspecified atom stereocenters. The zero-order chi connectivity index (χ0) is 23.5. The molecule has 1 heterocycles. The molecule has 2 aromatic carbocycles. The molecule has 3 aromatic rings. The van der Waals surface area contributed by atoms with Crippen LogP contribution in [0.4, 0.5) is 0 Å². The Bertz CT molecular complexity index is 1240. The highest BCUT2D eigenvalue weighted by molar-refractivity contribution is 7.89. The highest BCUT2D eigenvalue weighted by atomic mass is 32.2. The molecule has 0 atom stereocenters. The monoisotopic (exact) mass is 459 g/mol. The SMILES string of the molecule is COc1ccccc1OCCNS(=O)(=O)c1ccc(-n2c(=O)c(C(C)C)c(C)n2C)cc1. The van der Waals surface area contributed by atoms with E-state index in [2.05, 4.69) is 4.72 Å². The predicted molar refractivity (Wildman–Crippen MR) is 124 cm³/mol. The lowest BCUT2D eigenvalue weighted by molar-refractivity contribution is 0.299. The third kappa shape index (κ3) is 4.73. The number of ether oxygens (including phenoxy) is 2. The Kier molecular flexibility index (Phi) is 7.10. The van der Waals surface area contributed by atoms with E-state index in [-0.39, 0.29) is 29.5 Å². The fourth-order valence-electron chi connectivity index (χ4n) is 3.61. The Labute approximate surface area is 188 Å². The number of aromatic nitrogens is 2. The van der Waals surface area contributed by atoms with Crippen molar-refractivity contribution in [2.45, 2.75) is 31.6 Å². The fraction of sp³-hybridized carbons (Fsp3) is 0.348. The van der Waals surface area contributed by atoms with Crippen molar-refractivity contribution in [2.24, 2.45) is 7.05 Å². The minimum absolute atomic E-state index is 0.0936. The van der Waals surface area contributed by atoms with Gasteiger partial charge in [0.05, 0.1) is 17.7 Å². The summed E-state index contributed by atoms with van der Waals surface area (Å²) in [5, 5.41) is 0. The Hall–Kier alpha value is -3.04. The molecule has 0 saturated heterocycles. The second-order valence-corrected chi connectivity index (χ2v) is 9.45. The second-order valence-electron chi connectivity index (χ2n) is 7.69. The number of rotatable bonds is 9. The van der Waals surface area contributed by atoms with Gasteiger partial charge in [0.15, 0.2) is 11.5 Å². The van der Waals surface area contributed by atoms with Crippen LogP contribution in [0.1, 0.15) is 31.0 Å². The molecule has 0 bridgehead atoms. The van der Waals surface area contributed by atoms with E-state index in [4.69, 9.17) is 9.47 Å². The minimum atomic E-state index is -3.72. The molecule has 0 aliphatic carbocycles. The van der Waals surface area contributed by atoms with Gasteiger partial charge in [0.25, 0.3) is 5.56 Å². The summed E-state index contributed by atoms with van der Waals surface area (Å²) < 4.78 is 41.9. The van der Waals surface area contributed by atoms with Gasteiger partial charge in [0.1, 0.15) is 6.61 Å².